The van der Waals surface area contributed by atoms with Gasteiger partial charge in [-0.2, -0.15) is 0 Å². The first-order chi connectivity index (χ1) is 11.0. The zero-order valence-corrected chi connectivity index (χ0v) is 14.3. The van der Waals surface area contributed by atoms with E-state index in [2.05, 4.69) is 13.8 Å². The number of benzene rings is 1. The summed E-state index contributed by atoms with van der Waals surface area (Å²) in [5, 5.41) is 0. The molecule has 23 heavy (non-hydrogen) atoms. The summed E-state index contributed by atoms with van der Waals surface area (Å²) in [6.45, 7) is 8.59. The third-order valence-electron chi connectivity index (χ3n) is 5.06. The lowest BCUT2D eigenvalue weighted by Crippen LogP contribution is -2.45. The molecule has 0 aromatic heterocycles. The number of hydrogen-bond acceptors (Lipinski definition) is 2. The molecule has 3 atom stereocenters. The molecule has 4 nitrogen and oxygen atoms in total. The van der Waals surface area contributed by atoms with Gasteiger partial charge < -0.3 is 9.80 Å². The molecule has 1 aromatic carbocycles. The van der Waals surface area contributed by atoms with Crippen LogP contribution >= 0.6 is 0 Å². The fraction of sp³-hybridized carbons (Fsp3) is 0.579. The highest BCUT2D eigenvalue weighted by molar-refractivity contribution is 6.00. The number of para-hydroxylation sites is 1. The molecule has 2 aliphatic heterocycles. The first kappa shape index (κ1) is 16.0. The first-order valence-corrected chi connectivity index (χ1v) is 8.60. The minimum atomic E-state index is -0.195. The third-order valence-corrected chi connectivity index (χ3v) is 5.06. The molecule has 0 saturated carbocycles. The van der Waals surface area contributed by atoms with E-state index in [1.165, 1.54) is 6.42 Å². The van der Waals surface area contributed by atoms with Crippen molar-refractivity contribution in [2.24, 2.45) is 17.8 Å². The number of hydrogen-bond donors (Lipinski definition) is 0. The smallest absolute Gasteiger partial charge is 0.228 e. The SMILES string of the molecule is Cc1ccccc1N1C[C@@H](C(=O)N2C[C@H](C)C[C@H](C)C2)CC1=O. The fourth-order valence-electron chi connectivity index (χ4n) is 4.07. The van der Waals surface area contributed by atoms with Crippen LogP contribution in [0.4, 0.5) is 5.69 Å². The van der Waals surface area contributed by atoms with E-state index in [1.54, 1.807) is 4.90 Å². The van der Waals surface area contributed by atoms with Crippen LogP contribution in [0.2, 0.25) is 0 Å². The summed E-state index contributed by atoms with van der Waals surface area (Å²) in [5.74, 6) is 1.13. The van der Waals surface area contributed by atoms with Gasteiger partial charge in [0.05, 0.1) is 5.92 Å². The van der Waals surface area contributed by atoms with Gasteiger partial charge >= 0.3 is 0 Å². The molecular weight excluding hydrogens is 288 g/mol. The second kappa shape index (κ2) is 6.34. The van der Waals surface area contributed by atoms with Gasteiger partial charge in [-0.3, -0.25) is 9.59 Å². The molecule has 2 amide bonds. The number of piperidine rings is 1. The molecule has 0 N–H and O–H groups in total. The maximum atomic E-state index is 12.8. The largest absolute Gasteiger partial charge is 0.342 e. The Labute approximate surface area is 138 Å². The summed E-state index contributed by atoms with van der Waals surface area (Å²) in [6, 6.07) is 7.88. The number of aryl methyl sites for hydroxylation is 1. The van der Waals surface area contributed by atoms with E-state index in [4.69, 9.17) is 0 Å². The van der Waals surface area contributed by atoms with Gasteiger partial charge in [-0.1, -0.05) is 32.0 Å². The second-order valence-electron chi connectivity index (χ2n) is 7.38. The fourth-order valence-corrected chi connectivity index (χ4v) is 4.07. The molecule has 0 unspecified atom stereocenters. The molecule has 124 valence electrons. The van der Waals surface area contributed by atoms with Crippen molar-refractivity contribution in [1.29, 1.82) is 0 Å². The van der Waals surface area contributed by atoms with Gasteiger partial charge in [-0.05, 0) is 36.8 Å². The topological polar surface area (TPSA) is 40.6 Å². The van der Waals surface area contributed by atoms with E-state index in [1.807, 2.05) is 36.1 Å². The van der Waals surface area contributed by atoms with E-state index in [-0.39, 0.29) is 17.7 Å². The lowest BCUT2D eigenvalue weighted by molar-refractivity contribution is -0.138. The Balaban J connectivity index is 1.72. The van der Waals surface area contributed by atoms with Crippen molar-refractivity contribution >= 4 is 17.5 Å². The number of likely N-dealkylation sites (tertiary alicyclic amines) is 1. The van der Waals surface area contributed by atoms with Gasteiger partial charge in [0, 0.05) is 31.7 Å². The minimum absolute atomic E-state index is 0.0655. The average molecular weight is 314 g/mol. The summed E-state index contributed by atoms with van der Waals surface area (Å²) in [7, 11) is 0. The Morgan fingerprint density at radius 3 is 2.39 bits per heavy atom. The zero-order valence-electron chi connectivity index (χ0n) is 14.3. The molecule has 2 saturated heterocycles. The van der Waals surface area contributed by atoms with Crippen molar-refractivity contribution in [2.75, 3.05) is 24.5 Å². The van der Waals surface area contributed by atoms with Crippen molar-refractivity contribution in [1.82, 2.24) is 4.90 Å². The van der Waals surface area contributed by atoms with E-state index in [0.717, 1.165) is 24.3 Å². The van der Waals surface area contributed by atoms with Crippen LogP contribution < -0.4 is 4.90 Å². The maximum absolute atomic E-state index is 12.8. The van der Waals surface area contributed by atoms with Gasteiger partial charge in [0.15, 0.2) is 0 Å². The Kier molecular flexibility index (Phi) is 4.42. The Hall–Kier alpha value is -1.84. The number of carbonyl (C=O) groups is 2. The molecule has 2 fully saturated rings. The van der Waals surface area contributed by atoms with Gasteiger partial charge in [0.25, 0.3) is 0 Å². The number of amides is 2. The quantitative estimate of drug-likeness (QED) is 0.842. The van der Waals surface area contributed by atoms with Crippen molar-refractivity contribution in [3.05, 3.63) is 29.8 Å². The monoisotopic (exact) mass is 314 g/mol. The van der Waals surface area contributed by atoms with E-state index < -0.39 is 0 Å². The van der Waals surface area contributed by atoms with Gasteiger partial charge in [-0.15, -0.1) is 0 Å². The lowest BCUT2D eigenvalue weighted by Gasteiger charge is -2.36. The molecule has 2 heterocycles. The van der Waals surface area contributed by atoms with Gasteiger partial charge in [0.2, 0.25) is 11.8 Å². The van der Waals surface area contributed by atoms with Crippen LogP contribution in [-0.2, 0) is 9.59 Å². The van der Waals surface area contributed by atoms with Crippen LogP contribution in [0.25, 0.3) is 0 Å². The van der Waals surface area contributed by atoms with Gasteiger partial charge in [0.1, 0.15) is 0 Å². The highest BCUT2D eigenvalue weighted by atomic mass is 16.2. The van der Waals surface area contributed by atoms with Crippen LogP contribution in [0.1, 0.15) is 32.3 Å². The van der Waals surface area contributed by atoms with Crippen molar-refractivity contribution in [2.45, 2.75) is 33.6 Å². The number of anilines is 1. The predicted octanol–water partition coefficient (Wildman–Crippen LogP) is 2.85. The summed E-state index contributed by atoms with van der Waals surface area (Å²) in [4.78, 5) is 29.0. The van der Waals surface area contributed by atoms with Crippen molar-refractivity contribution < 1.29 is 9.59 Å². The number of nitrogens with zero attached hydrogens (tertiary/aromatic N) is 2. The summed E-state index contributed by atoms with van der Waals surface area (Å²) < 4.78 is 0. The van der Waals surface area contributed by atoms with Crippen LogP contribution in [0.15, 0.2) is 24.3 Å². The molecule has 4 heteroatoms. The molecule has 2 aliphatic rings. The standard InChI is InChI=1S/C19H26N2O2/c1-13-8-14(2)11-20(10-13)19(23)16-9-18(22)21(12-16)17-7-5-4-6-15(17)3/h4-7,13-14,16H,8-12H2,1-3H3/t13-,14+,16-/m0/s1. The van der Waals surface area contributed by atoms with Crippen molar-refractivity contribution in [3.63, 3.8) is 0 Å². The second-order valence-corrected chi connectivity index (χ2v) is 7.38. The highest BCUT2D eigenvalue weighted by Crippen LogP contribution is 2.30. The van der Waals surface area contributed by atoms with Crippen LogP contribution in [0.5, 0.6) is 0 Å². The Morgan fingerprint density at radius 1 is 1.09 bits per heavy atom. The molecule has 0 spiro atoms. The lowest BCUT2D eigenvalue weighted by atomic mass is 9.91. The number of rotatable bonds is 2. The highest BCUT2D eigenvalue weighted by Gasteiger charge is 2.39. The van der Waals surface area contributed by atoms with Crippen LogP contribution in [0.3, 0.4) is 0 Å². The van der Waals surface area contributed by atoms with Crippen molar-refractivity contribution in [3.8, 4) is 0 Å². The zero-order chi connectivity index (χ0) is 16.6. The maximum Gasteiger partial charge on any atom is 0.228 e. The predicted molar refractivity (Wildman–Crippen MR) is 91.2 cm³/mol. The molecule has 0 bridgehead atoms. The summed E-state index contributed by atoms with van der Waals surface area (Å²) in [5.41, 5.74) is 2.02. The summed E-state index contributed by atoms with van der Waals surface area (Å²) in [6.07, 6.45) is 1.52. The first-order valence-electron chi connectivity index (χ1n) is 8.60. The Bertz CT molecular complexity index is 603. The van der Waals surface area contributed by atoms with E-state index in [0.29, 0.717) is 24.8 Å². The normalized spacial score (nSPS) is 28.3. The molecule has 3 rings (SSSR count). The minimum Gasteiger partial charge on any atom is -0.342 e. The molecule has 0 aliphatic carbocycles. The summed E-state index contributed by atoms with van der Waals surface area (Å²) >= 11 is 0. The third kappa shape index (κ3) is 3.26. The van der Waals surface area contributed by atoms with E-state index >= 15 is 0 Å². The Morgan fingerprint density at radius 2 is 1.74 bits per heavy atom. The van der Waals surface area contributed by atoms with E-state index in [9.17, 15) is 9.59 Å². The molecule has 1 aromatic rings. The number of carbonyl (C=O) groups excluding carboxylic acids is 2. The average Bonchev–Trinajstić information content (AvgIpc) is 2.88. The van der Waals surface area contributed by atoms with Crippen LogP contribution in [0, 0.1) is 24.7 Å². The van der Waals surface area contributed by atoms with Gasteiger partial charge in [-0.25, -0.2) is 0 Å². The molecule has 0 radical (unpaired) electrons. The molecular formula is C19H26N2O2. The van der Waals surface area contributed by atoms with Crippen LogP contribution in [-0.4, -0.2) is 36.3 Å².